The average Bonchev–Trinajstić information content (AvgIpc) is 3.04. The van der Waals surface area contributed by atoms with Gasteiger partial charge in [-0.2, -0.15) is 0 Å². The van der Waals surface area contributed by atoms with E-state index >= 15 is 0 Å². The number of aromatic nitrogens is 1. The third-order valence-electron chi connectivity index (χ3n) is 3.21. The molecule has 120 valence electrons. The van der Waals surface area contributed by atoms with E-state index in [1.54, 1.807) is 24.3 Å². The quantitative estimate of drug-likeness (QED) is 0.467. The van der Waals surface area contributed by atoms with E-state index < -0.39 is 11.9 Å². The first-order valence-corrected chi connectivity index (χ1v) is 7.37. The van der Waals surface area contributed by atoms with Gasteiger partial charge in [0.15, 0.2) is 6.29 Å². The van der Waals surface area contributed by atoms with Crippen molar-refractivity contribution in [3.63, 3.8) is 0 Å². The van der Waals surface area contributed by atoms with Crippen LogP contribution in [0.2, 0.25) is 0 Å². The van der Waals surface area contributed by atoms with Crippen LogP contribution in [-0.2, 0) is 4.74 Å². The van der Waals surface area contributed by atoms with Crippen molar-refractivity contribution >= 4 is 23.9 Å². The molecular formula is C17H18N2O4. The summed E-state index contributed by atoms with van der Waals surface area (Å²) in [4.78, 5) is 37.6. The first-order chi connectivity index (χ1) is 11.2. The molecule has 0 aliphatic heterocycles. The van der Waals surface area contributed by atoms with Gasteiger partial charge in [0, 0.05) is 0 Å². The van der Waals surface area contributed by atoms with Crippen LogP contribution < -0.4 is 5.32 Å². The Morgan fingerprint density at radius 1 is 1.22 bits per heavy atom. The van der Waals surface area contributed by atoms with Crippen molar-refractivity contribution in [3.8, 4) is 0 Å². The molecule has 0 saturated carbocycles. The average molecular weight is 314 g/mol. The molecule has 0 bridgehead atoms. The fraction of sp³-hybridized carbons (Fsp3) is 0.235. The molecule has 2 rings (SSSR count). The molecule has 0 atom stereocenters. The summed E-state index contributed by atoms with van der Waals surface area (Å²) in [6, 6.07) is 9.64. The van der Waals surface area contributed by atoms with Gasteiger partial charge < -0.3 is 15.0 Å². The Kier molecular flexibility index (Phi) is 5.68. The van der Waals surface area contributed by atoms with Gasteiger partial charge in [0.05, 0.1) is 23.6 Å². The molecule has 6 nitrogen and oxygen atoms in total. The monoisotopic (exact) mass is 314 g/mol. The van der Waals surface area contributed by atoms with E-state index in [9.17, 15) is 14.4 Å². The number of ether oxygens (including phenoxy) is 1. The zero-order valence-corrected chi connectivity index (χ0v) is 12.8. The van der Waals surface area contributed by atoms with Crippen molar-refractivity contribution in [1.82, 2.24) is 4.98 Å². The summed E-state index contributed by atoms with van der Waals surface area (Å²) in [7, 11) is 0. The highest BCUT2D eigenvalue weighted by molar-refractivity contribution is 6.07. The summed E-state index contributed by atoms with van der Waals surface area (Å²) in [5.74, 6) is -0.915. The van der Waals surface area contributed by atoms with Crippen molar-refractivity contribution < 1.29 is 19.1 Å². The van der Waals surface area contributed by atoms with E-state index in [4.69, 9.17) is 4.74 Å². The van der Waals surface area contributed by atoms with Crippen LogP contribution in [0.3, 0.4) is 0 Å². The summed E-state index contributed by atoms with van der Waals surface area (Å²) >= 11 is 0. The van der Waals surface area contributed by atoms with Gasteiger partial charge in [-0.15, -0.1) is 0 Å². The number of nitrogens with one attached hydrogen (secondary N) is 2. The molecule has 6 heteroatoms. The highest BCUT2D eigenvalue weighted by atomic mass is 16.5. The molecule has 0 saturated heterocycles. The van der Waals surface area contributed by atoms with Crippen LogP contribution in [0.5, 0.6) is 0 Å². The highest BCUT2D eigenvalue weighted by Crippen LogP contribution is 2.17. The van der Waals surface area contributed by atoms with Crippen molar-refractivity contribution in [3.05, 3.63) is 53.3 Å². The van der Waals surface area contributed by atoms with Crippen LogP contribution in [0.4, 0.5) is 5.69 Å². The first-order valence-electron chi connectivity index (χ1n) is 7.37. The topological polar surface area (TPSA) is 88.3 Å². The smallest absolute Gasteiger partial charge is 0.340 e. The number of H-pyrrole nitrogens is 1. The number of carbonyl (C=O) groups is 3. The summed E-state index contributed by atoms with van der Waals surface area (Å²) in [5, 5.41) is 2.65. The van der Waals surface area contributed by atoms with Crippen LogP contribution in [0, 0.1) is 0 Å². The Morgan fingerprint density at radius 2 is 2.00 bits per heavy atom. The van der Waals surface area contributed by atoms with Crippen molar-refractivity contribution in [2.45, 2.75) is 19.8 Å². The zero-order chi connectivity index (χ0) is 16.7. The minimum atomic E-state index is -0.477. The van der Waals surface area contributed by atoms with Gasteiger partial charge in [-0.25, -0.2) is 4.79 Å². The minimum Gasteiger partial charge on any atom is -0.462 e. The number of amides is 1. The molecule has 23 heavy (non-hydrogen) atoms. The maximum Gasteiger partial charge on any atom is 0.340 e. The molecule has 2 N–H and O–H groups in total. The maximum absolute atomic E-state index is 12.2. The molecule has 0 spiro atoms. The molecule has 1 aromatic carbocycles. The molecule has 0 aliphatic rings. The summed E-state index contributed by atoms with van der Waals surface area (Å²) < 4.78 is 5.17. The molecule has 0 fully saturated rings. The normalized spacial score (nSPS) is 10.1. The van der Waals surface area contributed by atoms with E-state index in [-0.39, 0.29) is 5.69 Å². The molecule has 0 radical (unpaired) electrons. The molecule has 1 amide bonds. The first kappa shape index (κ1) is 16.5. The second-order valence-electron chi connectivity index (χ2n) is 4.93. The Balaban J connectivity index is 2.11. The Labute approximate surface area is 133 Å². The minimum absolute atomic E-state index is 0.237. The number of para-hydroxylation sites is 1. The Morgan fingerprint density at radius 3 is 2.70 bits per heavy atom. The third kappa shape index (κ3) is 4.29. The lowest BCUT2D eigenvalue weighted by Gasteiger charge is -2.10. The number of anilines is 1. The standard InChI is InChI=1S/C17H18N2O4/c1-2-3-10-23-17(22)13-6-4-5-7-14(13)19-16(21)15-9-8-12(11-20)18-15/h4-9,11,18H,2-3,10H2,1H3,(H,19,21). The molecular weight excluding hydrogens is 296 g/mol. The van der Waals surface area contributed by atoms with E-state index in [1.165, 1.54) is 12.1 Å². The fourth-order valence-electron chi connectivity index (χ4n) is 1.96. The van der Waals surface area contributed by atoms with Crippen molar-refractivity contribution in [2.24, 2.45) is 0 Å². The van der Waals surface area contributed by atoms with Gasteiger partial charge >= 0.3 is 5.97 Å². The van der Waals surface area contributed by atoms with Gasteiger partial charge in [-0.1, -0.05) is 25.5 Å². The van der Waals surface area contributed by atoms with Crippen molar-refractivity contribution in [2.75, 3.05) is 11.9 Å². The second kappa shape index (κ2) is 7.93. The predicted molar refractivity (Wildman–Crippen MR) is 85.8 cm³/mol. The van der Waals surface area contributed by atoms with Gasteiger partial charge in [-0.05, 0) is 30.7 Å². The number of aromatic amines is 1. The summed E-state index contributed by atoms with van der Waals surface area (Å²) in [6.45, 7) is 2.35. The van der Waals surface area contributed by atoms with Crippen molar-refractivity contribution in [1.29, 1.82) is 0 Å². The van der Waals surface area contributed by atoms with E-state index in [2.05, 4.69) is 10.3 Å². The van der Waals surface area contributed by atoms with Crippen LogP contribution >= 0.6 is 0 Å². The van der Waals surface area contributed by atoms with Crippen LogP contribution in [0.15, 0.2) is 36.4 Å². The zero-order valence-electron chi connectivity index (χ0n) is 12.8. The van der Waals surface area contributed by atoms with E-state index in [0.717, 1.165) is 12.8 Å². The molecule has 1 aromatic heterocycles. The maximum atomic E-state index is 12.2. The molecule has 0 aliphatic carbocycles. The van der Waals surface area contributed by atoms with Crippen LogP contribution in [0.1, 0.15) is 51.1 Å². The lowest BCUT2D eigenvalue weighted by Crippen LogP contribution is -2.16. The number of esters is 1. The van der Waals surface area contributed by atoms with Gasteiger partial charge in [0.2, 0.25) is 0 Å². The number of benzene rings is 1. The van der Waals surface area contributed by atoms with Gasteiger partial charge in [0.1, 0.15) is 5.69 Å². The third-order valence-corrected chi connectivity index (χ3v) is 3.21. The molecule has 1 heterocycles. The number of hydrogen-bond donors (Lipinski definition) is 2. The Bertz CT molecular complexity index is 706. The van der Waals surface area contributed by atoms with Gasteiger partial charge in [0.25, 0.3) is 5.91 Å². The lowest BCUT2D eigenvalue weighted by molar-refractivity contribution is 0.0501. The summed E-state index contributed by atoms with van der Waals surface area (Å²) in [6.07, 6.45) is 2.34. The summed E-state index contributed by atoms with van der Waals surface area (Å²) in [5.41, 5.74) is 1.20. The number of rotatable bonds is 7. The SMILES string of the molecule is CCCCOC(=O)c1ccccc1NC(=O)c1ccc(C=O)[nH]1. The Hall–Kier alpha value is -2.89. The van der Waals surface area contributed by atoms with E-state index in [1.807, 2.05) is 6.92 Å². The fourth-order valence-corrected chi connectivity index (χ4v) is 1.96. The van der Waals surface area contributed by atoms with E-state index in [0.29, 0.717) is 29.8 Å². The molecule has 0 unspecified atom stereocenters. The lowest BCUT2D eigenvalue weighted by atomic mass is 10.1. The largest absolute Gasteiger partial charge is 0.462 e. The molecule has 2 aromatic rings. The number of carbonyl (C=O) groups excluding carboxylic acids is 3. The number of unbranched alkanes of at least 4 members (excludes halogenated alkanes) is 1. The van der Waals surface area contributed by atoms with Gasteiger partial charge in [-0.3, -0.25) is 9.59 Å². The van der Waals surface area contributed by atoms with Crippen LogP contribution in [-0.4, -0.2) is 29.8 Å². The predicted octanol–water partition coefficient (Wildman–Crippen LogP) is 3.04. The highest BCUT2D eigenvalue weighted by Gasteiger charge is 2.15. The second-order valence-corrected chi connectivity index (χ2v) is 4.93. The number of aldehydes is 1. The van der Waals surface area contributed by atoms with Crippen LogP contribution in [0.25, 0.3) is 0 Å². The number of hydrogen-bond acceptors (Lipinski definition) is 4.